The Morgan fingerprint density at radius 1 is 0.555 bits per heavy atom. The second-order valence-corrected chi connectivity index (χ2v) is 39.3. The number of likely N-dealkylation sites (tertiary alicyclic amines) is 1. The molecule has 3 unspecified atom stereocenters. The van der Waals surface area contributed by atoms with E-state index < -0.39 is 132 Å². The number of anilines is 4. The molecule has 0 radical (unpaired) electrons. The van der Waals surface area contributed by atoms with Crippen LogP contribution in [0.1, 0.15) is 204 Å². The van der Waals surface area contributed by atoms with Crippen molar-refractivity contribution in [2.45, 2.75) is 220 Å². The molecule has 6 aromatic rings. The second kappa shape index (κ2) is 53.0. The number of ketones is 4. The van der Waals surface area contributed by atoms with E-state index >= 15 is 9.59 Å². The Morgan fingerprint density at radius 2 is 1.11 bits per heavy atom. The van der Waals surface area contributed by atoms with Crippen LogP contribution in [-0.4, -0.2) is 248 Å². The van der Waals surface area contributed by atoms with Crippen molar-refractivity contribution in [3.63, 3.8) is 0 Å². The van der Waals surface area contributed by atoms with Gasteiger partial charge in [0.2, 0.25) is 47.3 Å². The van der Waals surface area contributed by atoms with Crippen LogP contribution < -0.4 is 55.9 Å². The molecule has 0 spiro atoms. The van der Waals surface area contributed by atoms with E-state index in [2.05, 4.69) is 31.9 Å². The van der Waals surface area contributed by atoms with Crippen molar-refractivity contribution in [1.82, 2.24) is 36.0 Å². The molecule has 782 valence electrons. The third-order valence-corrected chi connectivity index (χ3v) is 27.6. The van der Waals surface area contributed by atoms with E-state index in [-0.39, 0.29) is 223 Å². The van der Waals surface area contributed by atoms with Gasteiger partial charge in [0.05, 0.1) is 79.4 Å². The van der Waals surface area contributed by atoms with Crippen LogP contribution in [0.25, 0.3) is 11.1 Å². The maximum Gasteiger partial charge on any atom is 0.416 e. The average molecular weight is 2030 g/mol. The first-order chi connectivity index (χ1) is 70.0. The number of ether oxygens (including phenoxy) is 8. The molecule has 1 fully saturated rings. The largest absolute Gasteiger partial charge is 0.493 e. The summed E-state index contributed by atoms with van der Waals surface area (Å²) in [7, 11) is 2.92. The summed E-state index contributed by atoms with van der Waals surface area (Å²) in [5.41, 5.74) is 6.53. The van der Waals surface area contributed by atoms with Gasteiger partial charge in [0.1, 0.15) is 50.6 Å². The zero-order chi connectivity index (χ0) is 105. The summed E-state index contributed by atoms with van der Waals surface area (Å²) in [6, 6.07) is 29.5. The Balaban J connectivity index is 0.735. The average Bonchev–Trinajstić information content (AvgIpc) is 1.60. The molecule has 12 amide bonds. The summed E-state index contributed by atoms with van der Waals surface area (Å²) in [6.07, 6.45) is 1.84. The normalized spacial score (nSPS) is 21.4. The van der Waals surface area contributed by atoms with E-state index in [1.165, 1.54) is 54.0 Å². The van der Waals surface area contributed by atoms with Gasteiger partial charge in [-0.2, -0.15) is 11.8 Å². The highest BCUT2D eigenvalue weighted by atomic mass is 32.2. The smallest absolute Gasteiger partial charge is 0.416 e. The summed E-state index contributed by atoms with van der Waals surface area (Å²) < 4.78 is 46.5. The van der Waals surface area contributed by atoms with Crippen LogP contribution in [0.2, 0.25) is 0 Å². The van der Waals surface area contributed by atoms with Crippen LogP contribution in [0, 0.1) is 43.4 Å². The summed E-state index contributed by atoms with van der Waals surface area (Å²) in [5, 5.41) is 41.7. The lowest BCUT2D eigenvalue weighted by atomic mass is 9.83. The number of benzene rings is 6. The fourth-order valence-corrected chi connectivity index (χ4v) is 18.8. The molecule has 0 saturated carbocycles. The second-order valence-electron chi connectivity index (χ2n) is 38.3. The number of carbonyl (C=O) groups excluding carboxylic acids is 16. The van der Waals surface area contributed by atoms with Gasteiger partial charge in [-0.25, -0.2) is 19.4 Å². The van der Waals surface area contributed by atoms with E-state index in [9.17, 15) is 77.3 Å². The number of aryl methyl sites for hydroxylation is 2. The van der Waals surface area contributed by atoms with Crippen molar-refractivity contribution >= 4 is 140 Å². The summed E-state index contributed by atoms with van der Waals surface area (Å²) in [6.45, 7) is 13.2. The van der Waals surface area contributed by atoms with Crippen molar-refractivity contribution in [2.75, 3.05) is 107 Å². The minimum atomic E-state index is -1.76. The van der Waals surface area contributed by atoms with Crippen LogP contribution in [-0.2, 0) is 101 Å². The van der Waals surface area contributed by atoms with Crippen LogP contribution in [0.4, 0.5) is 32.3 Å². The van der Waals surface area contributed by atoms with Gasteiger partial charge in [0, 0.05) is 125 Å². The third-order valence-electron chi connectivity index (χ3n) is 26.7. The topological polar surface area (TPSA) is 476 Å². The molecule has 15 rings (SSSR count). The standard InChI is InChI=1S/C108H133N11O26S/c1-63(2)80-50-78(120)60-141-61-79(121)51-81(64(3)4)100(129)111-68(8)89(122)47-69-24-26-70(27-25-69)58-144-108(137)119-86-54-93(92(139-10)52-83(86)103(132)117-56-74(48-88(117)105(119)134)72-30-22-65(5)23-31-72)143-42-16-12-15-41-142-91-53-85-82(45-66(91)6)102(131)116-57-75(49-87(116)104(133)118(85)107(136)145-59-71-28-34-77(35-29-71)113-99(128)67(7)46-90(80)123)73-32-36-76(37-33-73)112-95(124)20-17-39-110-101(130)84(19-13-14-38-109-97(126)62-140-44-43-138-9)114-96(125)21-18-40-115-98(127)55-94(146-11)106(115)135/h22-37,45,52-54,56-57,63-64,67-68,80-81,84,87-88,94,104-105,133-134H,12-21,38-44,46-51,55,58-62H2,1-11H3,(H,109,126)(H,110,130)(H,111,129)(H,112,124)(H,113,128)(H,114,125)/t67-,68+,80+,81+,84+,87+,88+,94?,104?,105?/m1/s1. The van der Waals surface area contributed by atoms with Gasteiger partial charge in [-0.05, 0) is 184 Å². The first-order valence-corrected chi connectivity index (χ1v) is 51.0. The number of amides is 12. The molecule has 37 nitrogen and oxygen atoms in total. The molecule has 8 bridgehead atoms. The van der Waals surface area contributed by atoms with E-state index in [0.717, 1.165) is 31.4 Å². The Kier molecular flexibility index (Phi) is 40.4. The molecular formula is C108H133N11O26S. The fraction of sp³-hybridized carbons (Fsp3) is 0.481. The maximum atomic E-state index is 15.2. The number of Topliss-reactive ketones (excluding diaryl/α,β-unsaturated/α-hetero) is 4. The van der Waals surface area contributed by atoms with Crippen molar-refractivity contribution < 1.29 is 125 Å². The monoisotopic (exact) mass is 2030 g/mol. The van der Waals surface area contributed by atoms with Crippen molar-refractivity contribution in [3.8, 4) is 17.2 Å². The lowest BCUT2D eigenvalue weighted by Gasteiger charge is -2.31. The lowest BCUT2D eigenvalue weighted by Crippen LogP contribution is -2.50. The number of aliphatic hydroxyl groups is 2. The Bertz CT molecular complexity index is 5810. The van der Waals surface area contributed by atoms with E-state index in [0.29, 0.717) is 83.5 Å². The number of imide groups is 1. The van der Waals surface area contributed by atoms with E-state index in [1.807, 2.05) is 31.2 Å². The minimum absolute atomic E-state index is 0.00102. The van der Waals surface area contributed by atoms with Crippen molar-refractivity contribution in [2.24, 2.45) is 29.6 Å². The van der Waals surface area contributed by atoms with Gasteiger partial charge in [-0.1, -0.05) is 113 Å². The number of hydrogen-bond donors (Lipinski definition) is 8. The van der Waals surface area contributed by atoms with Gasteiger partial charge in [0.25, 0.3) is 11.8 Å². The number of aliphatic hydroxyl groups excluding tert-OH is 2. The molecule has 9 aliphatic heterocycles. The fourth-order valence-electron chi connectivity index (χ4n) is 18.1. The predicted molar refractivity (Wildman–Crippen MR) is 543 cm³/mol. The highest BCUT2D eigenvalue weighted by molar-refractivity contribution is 8.00. The lowest BCUT2D eigenvalue weighted by molar-refractivity contribution is -0.139. The van der Waals surface area contributed by atoms with Crippen LogP contribution in [0.15, 0.2) is 134 Å². The zero-order valence-electron chi connectivity index (χ0n) is 84.5. The summed E-state index contributed by atoms with van der Waals surface area (Å²) in [4.78, 5) is 226. The number of unbranched alkanes of at least 4 members (excludes halogenated alkanes) is 1. The Morgan fingerprint density at radius 3 is 1.69 bits per heavy atom. The van der Waals surface area contributed by atoms with Gasteiger partial charge < -0.3 is 89.8 Å². The van der Waals surface area contributed by atoms with Gasteiger partial charge in [-0.15, -0.1) is 0 Å². The molecule has 9 heterocycles. The predicted octanol–water partition coefficient (Wildman–Crippen LogP) is 11.6. The van der Waals surface area contributed by atoms with E-state index in [1.54, 1.807) is 146 Å². The molecule has 9 aliphatic rings. The summed E-state index contributed by atoms with van der Waals surface area (Å²) in [5.74, 6) is -8.65. The van der Waals surface area contributed by atoms with Gasteiger partial charge in [-0.3, -0.25) is 72.0 Å². The molecule has 6 aromatic carbocycles. The van der Waals surface area contributed by atoms with Crippen LogP contribution >= 0.6 is 11.8 Å². The van der Waals surface area contributed by atoms with Gasteiger partial charge >= 0.3 is 12.2 Å². The third kappa shape index (κ3) is 29.7. The molecular weight excluding hydrogens is 1900 g/mol. The van der Waals surface area contributed by atoms with Crippen LogP contribution in [0.5, 0.6) is 17.2 Å². The molecule has 1 saturated heterocycles. The molecule has 0 aliphatic carbocycles. The SMILES string of the molecule is COCCOCC(=O)NCCCC[C@H](NC(=O)CCCN1C(=O)CC(SC)C1=O)C(=O)NCCCC(=O)Nc1ccc(C2=CN3C(=O)c4cc(C)c5cc4N(C(=O)OCc4ccc(cc4)NC(=O)[C@H](C)CC(=O)[C@H](C(C)C)CC(=O)COCC(=O)C[C@@H](C(C)C)C(=O)N[C@@H](C)C(=O)Cc4ccc(cc4)COC(=O)N4c6cc(c(OC)cc6C(=O)N6C=C(c7ccc(C)cc7)C[C@H]6C4O)OCCCCCO5)C(O)[C@@H]3C2)cc1. The maximum absolute atomic E-state index is 15.2. The Labute approximate surface area is 853 Å². The minimum Gasteiger partial charge on any atom is -0.493 e. The van der Waals surface area contributed by atoms with Crippen molar-refractivity contribution in [1.29, 1.82) is 0 Å². The molecule has 0 aromatic heterocycles. The highest BCUT2D eigenvalue weighted by Crippen LogP contribution is 2.46. The number of nitrogens with one attached hydrogen (secondary N) is 6. The zero-order valence-corrected chi connectivity index (χ0v) is 85.3. The number of carbonyl (C=O) groups is 16. The number of rotatable bonds is 27. The molecule has 38 heteroatoms. The van der Waals surface area contributed by atoms with E-state index in [4.69, 9.17) is 37.9 Å². The first-order valence-electron chi connectivity index (χ1n) is 49.7. The molecule has 10 atom stereocenters. The Hall–Kier alpha value is -13.5. The molecule has 146 heavy (non-hydrogen) atoms. The van der Waals surface area contributed by atoms with Crippen molar-refractivity contribution in [3.05, 3.63) is 184 Å². The highest BCUT2D eigenvalue weighted by Gasteiger charge is 2.49. The van der Waals surface area contributed by atoms with Gasteiger partial charge in [0.15, 0.2) is 41.3 Å². The van der Waals surface area contributed by atoms with Crippen LogP contribution in [0.3, 0.4) is 0 Å². The summed E-state index contributed by atoms with van der Waals surface area (Å²) >= 11 is 1.29. The molecule has 8 N–H and O–H groups in total. The number of thioether (sulfide) groups is 1. The number of fused-ring (bicyclic) bond motifs is 2. The number of nitrogens with zero attached hydrogens (tertiary/aromatic N) is 5. The number of methoxy groups -OCH3 is 2. The number of hydrogen-bond acceptors (Lipinski definition) is 27. The quantitative estimate of drug-likeness (QED) is 0.0175. The first kappa shape index (κ1) is 111.